The van der Waals surface area contributed by atoms with Crippen LogP contribution in [0.15, 0.2) is 30.3 Å². The first-order valence-electron chi connectivity index (χ1n) is 7.04. The van der Waals surface area contributed by atoms with Gasteiger partial charge in [0.15, 0.2) is 0 Å². The van der Waals surface area contributed by atoms with Gasteiger partial charge in [0.2, 0.25) is 11.9 Å². The molecule has 1 aliphatic rings. The van der Waals surface area contributed by atoms with Gasteiger partial charge in [-0.25, -0.2) is 4.68 Å². The quantitative estimate of drug-likeness (QED) is 0.691. The molecular weight excluding hydrogens is 284 g/mol. The highest BCUT2D eigenvalue weighted by molar-refractivity contribution is 5.96. The summed E-state index contributed by atoms with van der Waals surface area (Å²) < 4.78 is 1.75. The van der Waals surface area contributed by atoms with Crippen molar-refractivity contribution in [1.82, 2.24) is 9.78 Å². The van der Waals surface area contributed by atoms with Gasteiger partial charge in [0.05, 0.1) is 17.1 Å². The molecular formula is C15H16N4O3. The molecule has 1 heterocycles. The van der Waals surface area contributed by atoms with E-state index in [4.69, 9.17) is 0 Å². The number of carbonyl (C=O) groups excluding carboxylic acids is 1. The number of benzene rings is 1. The summed E-state index contributed by atoms with van der Waals surface area (Å²) in [6.07, 6.45) is 0.306. The maximum Gasteiger partial charge on any atom is 0.234 e. The number of rotatable bonds is 4. The summed E-state index contributed by atoms with van der Waals surface area (Å²) in [5.41, 5.74) is 3.19. The van der Waals surface area contributed by atoms with Crippen molar-refractivity contribution in [2.45, 2.75) is 26.3 Å². The van der Waals surface area contributed by atoms with Gasteiger partial charge in [-0.3, -0.25) is 14.9 Å². The minimum Gasteiger partial charge on any atom is -0.324 e. The van der Waals surface area contributed by atoms with Crippen molar-refractivity contribution in [3.05, 3.63) is 51.8 Å². The third-order valence-electron chi connectivity index (χ3n) is 3.76. The lowest BCUT2D eigenvalue weighted by molar-refractivity contribution is -0.497. The van der Waals surface area contributed by atoms with Gasteiger partial charge in [0, 0.05) is 17.0 Å². The van der Waals surface area contributed by atoms with Gasteiger partial charge < -0.3 is 5.32 Å². The van der Waals surface area contributed by atoms with Crippen LogP contribution in [0.3, 0.4) is 0 Å². The number of hydrogen-bond acceptors (Lipinski definition) is 4. The fourth-order valence-corrected chi connectivity index (χ4v) is 2.56. The van der Waals surface area contributed by atoms with Crippen LogP contribution in [-0.4, -0.2) is 26.7 Å². The summed E-state index contributed by atoms with van der Waals surface area (Å²) in [6.45, 7) is 3.83. The molecule has 1 N–H and O–H groups in total. The number of aromatic nitrogens is 2. The van der Waals surface area contributed by atoms with E-state index in [-0.39, 0.29) is 5.91 Å². The molecule has 1 aromatic heterocycles. The lowest BCUT2D eigenvalue weighted by Crippen LogP contribution is -2.19. The van der Waals surface area contributed by atoms with Crippen molar-refractivity contribution >= 4 is 11.6 Å². The van der Waals surface area contributed by atoms with E-state index < -0.39 is 16.9 Å². The molecule has 0 aliphatic heterocycles. The van der Waals surface area contributed by atoms with Crippen LogP contribution < -0.4 is 5.32 Å². The molecule has 1 amide bonds. The highest BCUT2D eigenvalue weighted by Crippen LogP contribution is 2.34. The number of hydrogen-bond donors (Lipinski definition) is 1. The average Bonchev–Trinajstić information content (AvgIpc) is 3.20. The normalized spacial score (nSPS) is 19.7. The predicted molar refractivity (Wildman–Crippen MR) is 80.6 cm³/mol. The molecule has 114 valence electrons. The summed E-state index contributed by atoms with van der Waals surface area (Å²) >= 11 is 0. The molecule has 1 fully saturated rings. The number of carbonyl (C=O) groups is 1. The minimum atomic E-state index is -0.749. The second kappa shape index (κ2) is 5.25. The van der Waals surface area contributed by atoms with E-state index >= 15 is 0 Å². The average molecular weight is 300 g/mol. The number of para-hydroxylation sites is 2. The van der Waals surface area contributed by atoms with Crippen LogP contribution in [-0.2, 0) is 4.79 Å². The summed E-state index contributed by atoms with van der Waals surface area (Å²) in [5, 5.41) is 17.9. The number of nitrogens with one attached hydrogen (secondary N) is 1. The molecule has 2 atom stereocenters. The molecule has 22 heavy (non-hydrogen) atoms. The molecule has 0 radical (unpaired) electrons. The smallest absolute Gasteiger partial charge is 0.234 e. The molecule has 1 saturated carbocycles. The van der Waals surface area contributed by atoms with Crippen molar-refractivity contribution in [3.8, 4) is 5.69 Å². The standard InChI is InChI=1S/C15H16N4O3/c1-9-7-10(2)18(17-9)13-6-4-3-5-12(13)16-15(20)11-8-14(11)19(21)22/h3-7,11,14H,8H2,1-2H3,(H,16,20). The molecule has 2 unspecified atom stereocenters. The topological polar surface area (TPSA) is 90.1 Å². The van der Waals surface area contributed by atoms with Gasteiger partial charge in [-0.2, -0.15) is 5.10 Å². The van der Waals surface area contributed by atoms with Crippen LogP contribution in [0.2, 0.25) is 0 Å². The minimum absolute atomic E-state index is 0.306. The van der Waals surface area contributed by atoms with Gasteiger partial charge in [-0.15, -0.1) is 0 Å². The zero-order valence-electron chi connectivity index (χ0n) is 12.3. The van der Waals surface area contributed by atoms with E-state index in [2.05, 4.69) is 10.4 Å². The summed E-state index contributed by atoms with van der Waals surface area (Å²) in [7, 11) is 0. The van der Waals surface area contributed by atoms with Crippen LogP contribution in [0.1, 0.15) is 17.8 Å². The Kier molecular flexibility index (Phi) is 3.40. The zero-order valence-corrected chi connectivity index (χ0v) is 12.3. The van der Waals surface area contributed by atoms with Gasteiger partial charge in [0.25, 0.3) is 0 Å². The molecule has 7 heteroatoms. The predicted octanol–water partition coefficient (Wildman–Crippen LogP) is 2.09. The molecule has 2 aromatic rings. The monoisotopic (exact) mass is 300 g/mol. The van der Waals surface area contributed by atoms with E-state index in [1.54, 1.807) is 10.7 Å². The Hall–Kier alpha value is -2.70. The van der Waals surface area contributed by atoms with Gasteiger partial charge >= 0.3 is 0 Å². The Labute approximate surface area is 127 Å². The Morgan fingerprint density at radius 3 is 2.73 bits per heavy atom. The van der Waals surface area contributed by atoms with Crippen LogP contribution in [0.25, 0.3) is 5.69 Å². The fraction of sp³-hybridized carbons (Fsp3) is 0.333. The SMILES string of the molecule is Cc1cc(C)n(-c2ccccc2NC(=O)C2CC2[N+](=O)[O-])n1. The largest absolute Gasteiger partial charge is 0.324 e. The lowest BCUT2D eigenvalue weighted by Gasteiger charge is -2.12. The molecule has 0 saturated heterocycles. The van der Waals surface area contributed by atoms with Crippen molar-refractivity contribution in [2.24, 2.45) is 5.92 Å². The highest BCUT2D eigenvalue weighted by atomic mass is 16.6. The van der Waals surface area contributed by atoms with Crippen LogP contribution in [0.4, 0.5) is 5.69 Å². The lowest BCUT2D eigenvalue weighted by atomic mass is 10.2. The van der Waals surface area contributed by atoms with Crippen molar-refractivity contribution in [3.63, 3.8) is 0 Å². The highest BCUT2D eigenvalue weighted by Gasteiger charge is 2.53. The Bertz CT molecular complexity index is 753. The van der Waals surface area contributed by atoms with Crippen LogP contribution in [0, 0.1) is 29.9 Å². The molecule has 1 aliphatic carbocycles. The van der Waals surface area contributed by atoms with Gasteiger partial charge in [0.1, 0.15) is 5.92 Å². The maximum atomic E-state index is 12.1. The van der Waals surface area contributed by atoms with Crippen LogP contribution >= 0.6 is 0 Å². The molecule has 1 aromatic carbocycles. The van der Waals surface area contributed by atoms with E-state index in [1.807, 2.05) is 38.1 Å². The fourth-order valence-electron chi connectivity index (χ4n) is 2.56. The third kappa shape index (κ3) is 2.57. The summed E-state index contributed by atoms with van der Waals surface area (Å²) in [6, 6.07) is 8.49. The number of amides is 1. The van der Waals surface area contributed by atoms with Crippen LogP contribution in [0.5, 0.6) is 0 Å². The van der Waals surface area contributed by atoms with E-state index in [9.17, 15) is 14.9 Å². The number of aryl methyl sites for hydroxylation is 2. The van der Waals surface area contributed by atoms with Gasteiger partial charge in [-0.1, -0.05) is 12.1 Å². The molecule has 3 rings (SSSR count). The van der Waals surface area contributed by atoms with Gasteiger partial charge in [-0.05, 0) is 32.0 Å². The van der Waals surface area contributed by atoms with E-state index in [0.717, 1.165) is 17.1 Å². The Morgan fingerprint density at radius 1 is 1.41 bits per heavy atom. The first kappa shape index (κ1) is 14.2. The second-order valence-corrected chi connectivity index (χ2v) is 5.54. The first-order valence-corrected chi connectivity index (χ1v) is 7.04. The molecule has 0 bridgehead atoms. The van der Waals surface area contributed by atoms with Crippen molar-refractivity contribution < 1.29 is 9.72 Å². The van der Waals surface area contributed by atoms with E-state index in [1.165, 1.54) is 0 Å². The summed E-state index contributed by atoms with van der Waals surface area (Å²) in [5.74, 6) is -0.848. The second-order valence-electron chi connectivity index (χ2n) is 5.54. The number of nitrogens with zero attached hydrogens (tertiary/aromatic N) is 3. The number of anilines is 1. The van der Waals surface area contributed by atoms with Crippen molar-refractivity contribution in [2.75, 3.05) is 5.32 Å². The number of nitro groups is 1. The Balaban J connectivity index is 1.85. The Morgan fingerprint density at radius 2 is 2.14 bits per heavy atom. The maximum absolute atomic E-state index is 12.1. The van der Waals surface area contributed by atoms with Crippen molar-refractivity contribution in [1.29, 1.82) is 0 Å². The zero-order chi connectivity index (χ0) is 15.9. The molecule has 7 nitrogen and oxygen atoms in total. The van der Waals surface area contributed by atoms with E-state index in [0.29, 0.717) is 12.1 Å². The summed E-state index contributed by atoms with van der Waals surface area (Å²) in [4.78, 5) is 22.4. The third-order valence-corrected chi connectivity index (χ3v) is 3.76. The molecule has 0 spiro atoms. The first-order chi connectivity index (χ1) is 10.5.